The van der Waals surface area contributed by atoms with Crippen LogP contribution in [0.15, 0.2) is 41.1 Å². The zero-order valence-electron chi connectivity index (χ0n) is 12.8. The van der Waals surface area contributed by atoms with Crippen LogP contribution in [0.25, 0.3) is 11.3 Å². The second-order valence-electron chi connectivity index (χ2n) is 5.79. The van der Waals surface area contributed by atoms with E-state index in [1.807, 2.05) is 0 Å². The minimum atomic E-state index is -0.401. The van der Waals surface area contributed by atoms with Crippen molar-refractivity contribution in [2.45, 2.75) is 25.2 Å². The summed E-state index contributed by atoms with van der Waals surface area (Å²) in [5, 5.41) is 13.5. The largest absolute Gasteiger partial charge is 0.354 e. The molecule has 1 unspecified atom stereocenters. The SMILES string of the molecule is O=C(Nc1cc(-c2ccccc2F)on1)C1CCCc2[nH]ncc21. The molecule has 7 heteroatoms. The van der Waals surface area contributed by atoms with Crippen molar-refractivity contribution in [1.82, 2.24) is 15.4 Å². The monoisotopic (exact) mass is 326 g/mol. The van der Waals surface area contributed by atoms with E-state index in [1.165, 1.54) is 12.1 Å². The summed E-state index contributed by atoms with van der Waals surface area (Å²) in [4.78, 5) is 12.5. The molecule has 6 nitrogen and oxygen atoms in total. The molecule has 0 saturated carbocycles. The molecule has 0 saturated heterocycles. The van der Waals surface area contributed by atoms with Crippen LogP contribution in [0.5, 0.6) is 0 Å². The third kappa shape index (κ3) is 2.58. The van der Waals surface area contributed by atoms with Crippen LogP contribution >= 0.6 is 0 Å². The number of aromatic amines is 1. The average molecular weight is 326 g/mol. The fraction of sp³-hybridized carbons (Fsp3) is 0.235. The van der Waals surface area contributed by atoms with Gasteiger partial charge < -0.3 is 9.84 Å². The van der Waals surface area contributed by atoms with E-state index < -0.39 is 5.82 Å². The number of aryl methyl sites for hydroxylation is 1. The van der Waals surface area contributed by atoms with Gasteiger partial charge in [0.2, 0.25) is 5.91 Å². The number of aromatic nitrogens is 3. The molecule has 0 radical (unpaired) electrons. The molecule has 0 spiro atoms. The molecule has 2 aromatic heterocycles. The average Bonchev–Trinajstić information content (AvgIpc) is 3.24. The highest BCUT2D eigenvalue weighted by atomic mass is 19.1. The molecule has 0 aliphatic heterocycles. The summed E-state index contributed by atoms with van der Waals surface area (Å²) in [5.74, 6) is -0.279. The van der Waals surface area contributed by atoms with Gasteiger partial charge >= 0.3 is 0 Å². The van der Waals surface area contributed by atoms with E-state index >= 15 is 0 Å². The first-order valence-electron chi connectivity index (χ1n) is 7.77. The Morgan fingerprint density at radius 2 is 2.25 bits per heavy atom. The van der Waals surface area contributed by atoms with Crippen molar-refractivity contribution in [2.75, 3.05) is 5.32 Å². The van der Waals surface area contributed by atoms with Gasteiger partial charge in [0.15, 0.2) is 11.6 Å². The Labute approximate surface area is 137 Å². The molecule has 1 amide bonds. The Morgan fingerprint density at radius 1 is 1.38 bits per heavy atom. The van der Waals surface area contributed by atoms with Gasteiger partial charge in [-0.05, 0) is 31.4 Å². The lowest BCUT2D eigenvalue weighted by Gasteiger charge is -2.20. The molecule has 3 aromatic rings. The maximum absolute atomic E-state index is 13.8. The topological polar surface area (TPSA) is 83.8 Å². The van der Waals surface area contributed by atoms with Gasteiger partial charge in [-0.15, -0.1) is 0 Å². The van der Waals surface area contributed by atoms with E-state index in [2.05, 4.69) is 20.7 Å². The van der Waals surface area contributed by atoms with Crippen LogP contribution in [-0.2, 0) is 11.2 Å². The summed E-state index contributed by atoms with van der Waals surface area (Å²) < 4.78 is 18.9. The van der Waals surface area contributed by atoms with E-state index in [0.29, 0.717) is 5.56 Å². The molecule has 122 valence electrons. The highest BCUT2D eigenvalue weighted by molar-refractivity contribution is 5.95. The third-order valence-electron chi connectivity index (χ3n) is 4.26. The van der Waals surface area contributed by atoms with Gasteiger partial charge in [0.1, 0.15) is 5.82 Å². The minimum absolute atomic E-state index is 0.161. The summed E-state index contributed by atoms with van der Waals surface area (Å²) in [6.07, 6.45) is 4.29. The Bertz CT molecular complexity index is 886. The van der Waals surface area contributed by atoms with Gasteiger partial charge in [-0.2, -0.15) is 5.10 Å². The number of nitrogens with one attached hydrogen (secondary N) is 2. The number of rotatable bonds is 3. The van der Waals surface area contributed by atoms with Gasteiger partial charge in [-0.25, -0.2) is 4.39 Å². The second kappa shape index (κ2) is 5.92. The van der Waals surface area contributed by atoms with Crippen molar-refractivity contribution in [3.63, 3.8) is 0 Å². The molecular weight excluding hydrogens is 311 g/mol. The molecule has 4 rings (SSSR count). The van der Waals surface area contributed by atoms with Crippen molar-refractivity contribution in [3.8, 4) is 11.3 Å². The van der Waals surface area contributed by atoms with Crippen LogP contribution in [0.4, 0.5) is 10.2 Å². The van der Waals surface area contributed by atoms with E-state index in [1.54, 1.807) is 24.4 Å². The van der Waals surface area contributed by atoms with Crippen molar-refractivity contribution < 1.29 is 13.7 Å². The number of benzene rings is 1. The summed E-state index contributed by atoms with van der Waals surface area (Å²) >= 11 is 0. The zero-order valence-corrected chi connectivity index (χ0v) is 12.8. The number of nitrogens with zero attached hydrogens (tertiary/aromatic N) is 2. The van der Waals surface area contributed by atoms with Crippen LogP contribution in [-0.4, -0.2) is 21.3 Å². The lowest BCUT2D eigenvalue weighted by Crippen LogP contribution is -2.24. The van der Waals surface area contributed by atoms with Crippen LogP contribution in [0.2, 0.25) is 0 Å². The maximum Gasteiger partial charge on any atom is 0.233 e. The standard InChI is InChI=1S/C17H15FN4O2/c18-13-6-2-1-4-11(13)15-8-16(22-24-15)20-17(23)10-5-3-7-14-12(10)9-19-21-14/h1-2,4,6,8-10H,3,5,7H2,(H,19,21)(H,20,22,23). The Balaban J connectivity index is 1.53. The quantitative estimate of drug-likeness (QED) is 0.774. The van der Waals surface area contributed by atoms with Gasteiger partial charge in [0.05, 0.1) is 17.7 Å². The number of amides is 1. The van der Waals surface area contributed by atoms with Crippen molar-refractivity contribution in [1.29, 1.82) is 0 Å². The number of carbonyl (C=O) groups is 1. The molecule has 1 aliphatic rings. The van der Waals surface area contributed by atoms with Crippen molar-refractivity contribution in [2.24, 2.45) is 0 Å². The first-order valence-corrected chi connectivity index (χ1v) is 7.77. The van der Waals surface area contributed by atoms with Crippen LogP contribution < -0.4 is 5.32 Å². The van der Waals surface area contributed by atoms with Crippen LogP contribution in [0.1, 0.15) is 30.0 Å². The Kier molecular flexibility index (Phi) is 3.60. The zero-order chi connectivity index (χ0) is 16.5. The van der Waals surface area contributed by atoms with E-state index in [0.717, 1.165) is 30.5 Å². The molecule has 1 aromatic carbocycles. The van der Waals surface area contributed by atoms with E-state index in [-0.39, 0.29) is 23.4 Å². The summed E-state index contributed by atoms with van der Waals surface area (Å²) in [5.41, 5.74) is 2.24. The number of carbonyl (C=O) groups excluding carboxylic acids is 1. The fourth-order valence-electron chi connectivity index (χ4n) is 3.07. The Morgan fingerprint density at radius 3 is 3.12 bits per heavy atom. The molecule has 1 atom stereocenters. The Hall–Kier alpha value is -2.96. The van der Waals surface area contributed by atoms with Crippen LogP contribution in [0.3, 0.4) is 0 Å². The van der Waals surface area contributed by atoms with Gasteiger partial charge in [0.25, 0.3) is 0 Å². The first-order chi connectivity index (χ1) is 11.7. The molecular formula is C17H15FN4O2. The lowest BCUT2D eigenvalue weighted by atomic mass is 9.86. The van der Waals surface area contributed by atoms with E-state index in [9.17, 15) is 9.18 Å². The number of fused-ring (bicyclic) bond motifs is 1. The highest BCUT2D eigenvalue weighted by Crippen LogP contribution is 2.31. The number of hydrogen-bond donors (Lipinski definition) is 2. The van der Waals surface area contributed by atoms with Gasteiger partial charge in [0, 0.05) is 17.3 Å². The predicted molar refractivity (Wildman–Crippen MR) is 84.8 cm³/mol. The molecule has 0 bridgehead atoms. The van der Waals surface area contributed by atoms with Gasteiger partial charge in [-0.1, -0.05) is 17.3 Å². The van der Waals surface area contributed by atoms with Crippen molar-refractivity contribution >= 4 is 11.7 Å². The fourth-order valence-corrected chi connectivity index (χ4v) is 3.07. The number of halogens is 1. The molecule has 2 heterocycles. The van der Waals surface area contributed by atoms with E-state index in [4.69, 9.17) is 4.52 Å². The molecule has 2 N–H and O–H groups in total. The third-order valence-corrected chi connectivity index (χ3v) is 4.26. The summed E-state index contributed by atoms with van der Waals surface area (Å²) in [7, 11) is 0. The van der Waals surface area contributed by atoms with Crippen molar-refractivity contribution in [3.05, 3.63) is 53.6 Å². The van der Waals surface area contributed by atoms with Gasteiger partial charge in [-0.3, -0.25) is 9.89 Å². The highest BCUT2D eigenvalue weighted by Gasteiger charge is 2.28. The smallest absolute Gasteiger partial charge is 0.233 e. The van der Waals surface area contributed by atoms with Crippen LogP contribution in [0, 0.1) is 5.82 Å². The summed E-state index contributed by atoms with van der Waals surface area (Å²) in [6.45, 7) is 0. The summed E-state index contributed by atoms with van der Waals surface area (Å²) in [6, 6.07) is 7.78. The maximum atomic E-state index is 13.8. The normalized spacial score (nSPS) is 16.6. The first kappa shape index (κ1) is 14.6. The lowest BCUT2D eigenvalue weighted by molar-refractivity contribution is -0.117. The number of anilines is 1. The molecule has 1 aliphatic carbocycles. The second-order valence-corrected chi connectivity index (χ2v) is 5.79. The molecule has 24 heavy (non-hydrogen) atoms. The molecule has 0 fully saturated rings. The number of H-pyrrole nitrogens is 1. The predicted octanol–water partition coefficient (Wildman–Crippen LogP) is 3.26. The minimum Gasteiger partial charge on any atom is -0.354 e. The number of hydrogen-bond acceptors (Lipinski definition) is 4.